The van der Waals surface area contributed by atoms with Crippen LogP contribution in [0.4, 0.5) is 16.2 Å². The summed E-state index contributed by atoms with van der Waals surface area (Å²) in [5.74, 6) is -0.267. The van der Waals surface area contributed by atoms with Gasteiger partial charge in [-0.2, -0.15) is 0 Å². The van der Waals surface area contributed by atoms with Gasteiger partial charge in [0.25, 0.3) is 5.91 Å². The zero-order valence-electron chi connectivity index (χ0n) is 16.3. The Morgan fingerprint density at radius 2 is 1.93 bits per heavy atom. The molecule has 1 fully saturated rings. The first-order chi connectivity index (χ1) is 14.1. The van der Waals surface area contributed by atoms with Crippen LogP contribution in [0.15, 0.2) is 71.5 Å². The first-order valence-corrected chi connectivity index (χ1v) is 9.66. The van der Waals surface area contributed by atoms with Crippen LogP contribution in [0.25, 0.3) is 0 Å². The summed E-state index contributed by atoms with van der Waals surface area (Å²) in [7, 11) is 0. The SMILES string of the molecule is Cc1ccc(N2CCCN(Cc3ccccc3)C2=O)c(NC(=O)c2ccoc2)c1. The third kappa shape index (κ3) is 4.16. The lowest BCUT2D eigenvalue weighted by atomic mass is 10.1. The summed E-state index contributed by atoms with van der Waals surface area (Å²) in [6, 6.07) is 17.3. The third-order valence-corrected chi connectivity index (χ3v) is 5.00. The zero-order chi connectivity index (χ0) is 20.2. The van der Waals surface area contributed by atoms with E-state index >= 15 is 0 Å². The molecule has 1 saturated heterocycles. The van der Waals surface area contributed by atoms with Crippen molar-refractivity contribution in [1.29, 1.82) is 0 Å². The van der Waals surface area contributed by atoms with E-state index in [-0.39, 0.29) is 11.9 Å². The molecule has 0 bridgehead atoms. The summed E-state index contributed by atoms with van der Waals surface area (Å²) in [6.45, 7) is 3.85. The van der Waals surface area contributed by atoms with E-state index in [9.17, 15) is 9.59 Å². The van der Waals surface area contributed by atoms with Crippen molar-refractivity contribution >= 4 is 23.3 Å². The molecule has 3 amide bonds. The minimum absolute atomic E-state index is 0.0530. The van der Waals surface area contributed by atoms with Gasteiger partial charge < -0.3 is 14.6 Å². The van der Waals surface area contributed by atoms with Crippen molar-refractivity contribution in [3.63, 3.8) is 0 Å². The molecule has 4 rings (SSSR count). The van der Waals surface area contributed by atoms with E-state index in [1.807, 2.05) is 60.4 Å². The summed E-state index contributed by atoms with van der Waals surface area (Å²) in [4.78, 5) is 29.3. The van der Waals surface area contributed by atoms with E-state index in [4.69, 9.17) is 4.42 Å². The molecular weight excluding hydrogens is 366 g/mol. The van der Waals surface area contributed by atoms with Crippen molar-refractivity contribution in [3.05, 3.63) is 83.8 Å². The number of aryl methyl sites for hydroxylation is 1. The van der Waals surface area contributed by atoms with E-state index in [1.165, 1.54) is 12.5 Å². The fraction of sp³-hybridized carbons (Fsp3) is 0.217. The third-order valence-electron chi connectivity index (χ3n) is 5.00. The number of nitrogens with zero attached hydrogens (tertiary/aromatic N) is 2. The second-order valence-corrected chi connectivity index (χ2v) is 7.18. The molecule has 6 heteroatoms. The normalized spacial score (nSPS) is 14.2. The molecule has 148 valence electrons. The number of hydrogen-bond donors (Lipinski definition) is 1. The minimum atomic E-state index is -0.267. The highest BCUT2D eigenvalue weighted by molar-refractivity contribution is 6.07. The minimum Gasteiger partial charge on any atom is -0.472 e. The van der Waals surface area contributed by atoms with Crippen LogP contribution in [-0.2, 0) is 6.54 Å². The number of hydrogen-bond acceptors (Lipinski definition) is 3. The monoisotopic (exact) mass is 389 g/mol. The van der Waals surface area contributed by atoms with Crippen molar-refractivity contribution in [2.75, 3.05) is 23.3 Å². The molecule has 3 aromatic rings. The smallest absolute Gasteiger partial charge is 0.324 e. The van der Waals surface area contributed by atoms with E-state index < -0.39 is 0 Å². The second-order valence-electron chi connectivity index (χ2n) is 7.18. The van der Waals surface area contributed by atoms with Gasteiger partial charge in [0.1, 0.15) is 6.26 Å². The predicted octanol–water partition coefficient (Wildman–Crippen LogP) is 4.67. The van der Waals surface area contributed by atoms with Gasteiger partial charge >= 0.3 is 6.03 Å². The van der Waals surface area contributed by atoms with Gasteiger partial charge in [-0.05, 0) is 42.7 Å². The summed E-state index contributed by atoms with van der Waals surface area (Å²) in [5, 5.41) is 2.92. The Hall–Kier alpha value is -3.54. The number of anilines is 2. The van der Waals surface area contributed by atoms with Gasteiger partial charge in [-0.1, -0.05) is 36.4 Å². The number of benzene rings is 2. The molecule has 29 heavy (non-hydrogen) atoms. The van der Waals surface area contributed by atoms with E-state index in [0.717, 1.165) is 17.5 Å². The molecule has 0 spiro atoms. The first-order valence-electron chi connectivity index (χ1n) is 9.66. The van der Waals surface area contributed by atoms with E-state index in [0.29, 0.717) is 36.6 Å². The highest BCUT2D eigenvalue weighted by atomic mass is 16.3. The van der Waals surface area contributed by atoms with Gasteiger partial charge in [-0.3, -0.25) is 9.69 Å². The molecule has 1 aliphatic heterocycles. The van der Waals surface area contributed by atoms with E-state index in [1.54, 1.807) is 11.0 Å². The Kier molecular flexibility index (Phi) is 5.33. The number of carbonyl (C=O) groups excluding carboxylic acids is 2. The lowest BCUT2D eigenvalue weighted by molar-refractivity contribution is 0.102. The Balaban J connectivity index is 1.58. The molecule has 2 heterocycles. The molecule has 1 N–H and O–H groups in total. The van der Waals surface area contributed by atoms with Crippen molar-refractivity contribution in [2.24, 2.45) is 0 Å². The molecule has 0 radical (unpaired) electrons. The van der Waals surface area contributed by atoms with E-state index in [2.05, 4.69) is 5.32 Å². The molecule has 0 aliphatic carbocycles. The maximum Gasteiger partial charge on any atom is 0.324 e. The number of amides is 3. The highest BCUT2D eigenvalue weighted by Gasteiger charge is 2.28. The Morgan fingerprint density at radius 1 is 1.10 bits per heavy atom. The summed E-state index contributed by atoms with van der Waals surface area (Å²) >= 11 is 0. The van der Waals surface area contributed by atoms with Crippen LogP contribution in [0.1, 0.15) is 27.9 Å². The van der Waals surface area contributed by atoms with Gasteiger partial charge in [0.2, 0.25) is 0 Å². The fourth-order valence-corrected chi connectivity index (χ4v) is 3.53. The van der Waals surface area contributed by atoms with Crippen LogP contribution >= 0.6 is 0 Å². The summed E-state index contributed by atoms with van der Waals surface area (Å²) in [6.07, 6.45) is 3.72. The zero-order valence-corrected chi connectivity index (χ0v) is 16.3. The highest BCUT2D eigenvalue weighted by Crippen LogP contribution is 2.30. The molecule has 0 saturated carbocycles. The van der Waals surface area contributed by atoms with Crippen LogP contribution in [0.3, 0.4) is 0 Å². The molecule has 1 aromatic heterocycles. The van der Waals surface area contributed by atoms with Crippen molar-refractivity contribution < 1.29 is 14.0 Å². The Labute approximate surface area is 169 Å². The number of furan rings is 1. The van der Waals surface area contributed by atoms with Gasteiger partial charge in [-0.15, -0.1) is 0 Å². The Bertz CT molecular complexity index is 999. The second kappa shape index (κ2) is 8.22. The van der Waals surface area contributed by atoms with Crippen molar-refractivity contribution in [3.8, 4) is 0 Å². The molecule has 2 aromatic carbocycles. The molecule has 0 atom stereocenters. The fourth-order valence-electron chi connectivity index (χ4n) is 3.53. The average Bonchev–Trinajstić information content (AvgIpc) is 3.26. The number of nitrogens with one attached hydrogen (secondary N) is 1. The molecule has 1 aliphatic rings. The quantitative estimate of drug-likeness (QED) is 0.689. The summed E-state index contributed by atoms with van der Waals surface area (Å²) < 4.78 is 5.00. The van der Waals surface area contributed by atoms with Crippen LogP contribution < -0.4 is 10.2 Å². The van der Waals surface area contributed by atoms with Gasteiger partial charge in [0.15, 0.2) is 0 Å². The maximum absolute atomic E-state index is 13.2. The predicted molar refractivity (Wildman–Crippen MR) is 112 cm³/mol. The van der Waals surface area contributed by atoms with Crippen LogP contribution in [0, 0.1) is 6.92 Å². The lowest BCUT2D eigenvalue weighted by Crippen LogP contribution is -2.49. The van der Waals surface area contributed by atoms with Gasteiger partial charge in [0, 0.05) is 19.6 Å². The van der Waals surface area contributed by atoms with Crippen molar-refractivity contribution in [1.82, 2.24) is 4.90 Å². The molecule has 0 unspecified atom stereocenters. The number of rotatable bonds is 5. The number of urea groups is 1. The van der Waals surface area contributed by atoms with Crippen LogP contribution in [0.2, 0.25) is 0 Å². The summed E-state index contributed by atoms with van der Waals surface area (Å²) in [5.41, 5.74) is 3.86. The molecular formula is C23H23N3O3. The molecule has 6 nitrogen and oxygen atoms in total. The van der Waals surface area contributed by atoms with Crippen LogP contribution in [0.5, 0.6) is 0 Å². The Morgan fingerprint density at radius 3 is 2.69 bits per heavy atom. The van der Waals surface area contributed by atoms with Crippen molar-refractivity contribution in [2.45, 2.75) is 19.9 Å². The van der Waals surface area contributed by atoms with Gasteiger partial charge in [0.05, 0.1) is 23.2 Å². The topological polar surface area (TPSA) is 65.8 Å². The number of carbonyl (C=O) groups is 2. The largest absolute Gasteiger partial charge is 0.472 e. The lowest BCUT2D eigenvalue weighted by Gasteiger charge is -2.36. The van der Waals surface area contributed by atoms with Gasteiger partial charge in [-0.25, -0.2) is 4.79 Å². The first kappa shape index (κ1) is 18.8. The average molecular weight is 389 g/mol. The maximum atomic E-state index is 13.2. The van der Waals surface area contributed by atoms with Crippen LogP contribution in [-0.4, -0.2) is 29.9 Å². The standard InChI is InChI=1S/C23H23N3O3/c1-17-8-9-21(20(14-17)24-22(27)19-10-13-29-16-19)26-12-5-11-25(23(26)28)15-18-6-3-2-4-7-18/h2-4,6-10,13-14,16H,5,11-12,15H2,1H3,(H,24,27).